The summed E-state index contributed by atoms with van der Waals surface area (Å²) in [6, 6.07) is 1.58. The van der Waals surface area contributed by atoms with Crippen LogP contribution in [0.15, 0.2) is 10.3 Å². The van der Waals surface area contributed by atoms with Gasteiger partial charge in [-0.25, -0.2) is 8.42 Å². The fourth-order valence-electron chi connectivity index (χ4n) is 1.48. The Bertz CT molecular complexity index is 465. The van der Waals surface area contributed by atoms with Gasteiger partial charge in [-0.1, -0.05) is 24.9 Å². The molecule has 0 bridgehead atoms. The Kier molecular flexibility index (Phi) is 6.07. The van der Waals surface area contributed by atoms with E-state index < -0.39 is 10.0 Å². The lowest BCUT2D eigenvalue weighted by Gasteiger charge is -2.19. The number of nitrogens with zero attached hydrogens (tertiary/aromatic N) is 1. The van der Waals surface area contributed by atoms with Crippen LogP contribution in [0.1, 0.15) is 25.3 Å². The van der Waals surface area contributed by atoms with Crippen molar-refractivity contribution in [2.24, 2.45) is 0 Å². The molecule has 0 saturated carbocycles. The molecule has 0 unspecified atom stereocenters. The Morgan fingerprint density at radius 1 is 1.44 bits per heavy atom. The van der Waals surface area contributed by atoms with Crippen LogP contribution in [0.4, 0.5) is 0 Å². The second-order valence-corrected chi connectivity index (χ2v) is 7.82. The Labute approximate surface area is 117 Å². The third-order valence-corrected chi connectivity index (χ3v) is 6.44. The molecule has 104 valence electrons. The minimum Gasteiger partial charge on any atom is -0.395 e. The van der Waals surface area contributed by atoms with Crippen molar-refractivity contribution in [2.45, 2.75) is 30.9 Å². The van der Waals surface area contributed by atoms with Crippen LogP contribution in [0.2, 0.25) is 4.34 Å². The normalized spacial score (nSPS) is 12.3. The summed E-state index contributed by atoms with van der Waals surface area (Å²) >= 11 is 6.97. The van der Waals surface area contributed by atoms with Gasteiger partial charge in [-0.05, 0) is 25.0 Å². The summed E-state index contributed by atoms with van der Waals surface area (Å²) in [5, 5.41) is 8.98. The third kappa shape index (κ3) is 3.68. The van der Waals surface area contributed by atoms with Gasteiger partial charge in [-0.15, -0.1) is 11.3 Å². The van der Waals surface area contributed by atoms with Gasteiger partial charge in [-0.2, -0.15) is 4.31 Å². The quantitative estimate of drug-likeness (QED) is 0.841. The number of halogens is 1. The number of thiophene rings is 1. The molecule has 1 heterocycles. The second-order valence-electron chi connectivity index (χ2n) is 4.00. The highest BCUT2D eigenvalue weighted by atomic mass is 35.5. The highest BCUT2D eigenvalue weighted by molar-refractivity contribution is 7.91. The number of hydrogen-bond donors (Lipinski definition) is 1. The number of hydrogen-bond acceptors (Lipinski definition) is 4. The maximum absolute atomic E-state index is 12.4. The van der Waals surface area contributed by atoms with Crippen molar-refractivity contribution < 1.29 is 13.5 Å². The lowest BCUT2D eigenvalue weighted by molar-refractivity contribution is 0.252. The molecule has 1 aromatic rings. The maximum Gasteiger partial charge on any atom is 0.252 e. The van der Waals surface area contributed by atoms with Gasteiger partial charge in [0.1, 0.15) is 4.21 Å². The highest BCUT2D eigenvalue weighted by Gasteiger charge is 2.26. The number of aryl methyl sites for hydroxylation is 1. The summed E-state index contributed by atoms with van der Waals surface area (Å²) in [6.07, 6.45) is 1.68. The standard InChI is InChI=1S/C11H18ClNO3S2/c1-3-4-5-13(6-7-14)18(15,16)10-8-9(2)11(12)17-10/h8,14H,3-7H2,1-2H3. The summed E-state index contributed by atoms with van der Waals surface area (Å²) in [4.78, 5) is 0. The fraction of sp³-hybridized carbons (Fsp3) is 0.636. The Balaban J connectivity index is 3.00. The maximum atomic E-state index is 12.4. The molecule has 18 heavy (non-hydrogen) atoms. The summed E-state index contributed by atoms with van der Waals surface area (Å²) in [5.41, 5.74) is 0.764. The summed E-state index contributed by atoms with van der Waals surface area (Å²) in [7, 11) is -3.53. The first-order chi connectivity index (χ1) is 8.43. The zero-order valence-electron chi connectivity index (χ0n) is 10.5. The summed E-state index contributed by atoms with van der Waals surface area (Å²) in [6.45, 7) is 4.14. The first kappa shape index (κ1) is 15.9. The SMILES string of the molecule is CCCCN(CCO)S(=O)(=O)c1cc(C)c(Cl)s1. The first-order valence-electron chi connectivity index (χ1n) is 5.80. The molecule has 0 amide bonds. The van der Waals surface area contributed by atoms with E-state index in [1.165, 1.54) is 4.31 Å². The molecule has 0 fully saturated rings. The largest absolute Gasteiger partial charge is 0.395 e. The lowest BCUT2D eigenvalue weighted by atomic mass is 10.3. The van der Waals surface area contributed by atoms with Crippen LogP contribution in [-0.4, -0.2) is 37.5 Å². The Morgan fingerprint density at radius 2 is 2.11 bits per heavy atom. The molecule has 0 saturated heterocycles. The average Bonchev–Trinajstić information content (AvgIpc) is 2.65. The van der Waals surface area contributed by atoms with Gasteiger partial charge >= 0.3 is 0 Å². The van der Waals surface area contributed by atoms with Gasteiger partial charge in [0, 0.05) is 13.1 Å². The topological polar surface area (TPSA) is 57.6 Å². The van der Waals surface area contributed by atoms with E-state index in [1.807, 2.05) is 6.92 Å². The number of aliphatic hydroxyl groups excluding tert-OH is 1. The zero-order chi connectivity index (χ0) is 13.8. The van der Waals surface area contributed by atoms with Crippen molar-refractivity contribution in [3.8, 4) is 0 Å². The van der Waals surface area contributed by atoms with Crippen molar-refractivity contribution in [2.75, 3.05) is 19.7 Å². The number of unbranched alkanes of at least 4 members (excludes halogenated alkanes) is 1. The molecule has 7 heteroatoms. The van der Waals surface area contributed by atoms with Gasteiger partial charge in [0.15, 0.2) is 0 Å². The van der Waals surface area contributed by atoms with Crippen LogP contribution in [0, 0.1) is 6.92 Å². The highest BCUT2D eigenvalue weighted by Crippen LogP contribution is 2.31. The predicted molar refractivity (Wildman–Crippen MR) is 74.8 cm³/mol. The van der Waals surface area contributed by atoms with Gasteiger partial charge < -0.3 is 5.11 Å². The van der Waals surface area contributed by atoms with Crippen molar-refractivity contribution in [3.63, 3.8) is 0 Å². The molecule has 0 aliphatic rings. The number of rotatable bonds is 7. The van der Waals surface area contributed by atoms with Gasteiger partial charge in [0.2, 0.25) is 0 Å². The van der Waals surface area contributed by atoms with E-state index in [2.05, 4.69) is 0 Å². The van der Waals surface area contributed by atoms with Crippen molar-refractivity contribution in [1.29, 1.82) is 0 Å². The van der Waals surface area contributed by atoms with E-state index in [4.69, 9.17) is 16.7 Å². The van der Waals surface area contributed by atoms with E-state index in [1.54, 1.807) is 13.0 Å². The zero-order valence-corrected chi connectivity index (χ0v) is 12.9. The monoisotopic (exact) mass is 311 g/mol. The van der Waals surface area contributed by atoms with Gasteiger partial charge in [-0.3, -0.25) is 0 Å². The van der Waals surface area contributed by atoms with E-state index in [9.17, 15) is 8.42 Å². The molecule has 0 radical (unpaired) electrons. The van der Waals surface area contributed by atoms with Crippen LogP contribution < -0.4 is 0 Å². The van der Waals surface area contributed by atoms with E-state index >= 15 is 0 Å². The molecule has 4 nitrogen and oxygen atoms in total. The third-order valence-electron chi connectivity index (χ3n) is 2.54. The second kappa shape index (κ2) is 6.86. The van der Waals surface area contributed by atoms with Crippen molar-refractivity contribution in [1.82, 2.24) is 4.31 Å². The molecule has 1 N–H and O–H groups in total. The molecule has 1 aromatic heterocycles. The Hall–Kier alpha value is -0.140. The molecular formula is C11H18ClNO3S2. The molecule has 0 aromatic carbocycles. The average molecular weight is 312 g/mol. The molecule has 0 aliphatic carbocycles. The lowest BCUT2D eigenvalue weighted by Crippen LogP contribution is -2.34. The van der Waals surface area contributed by atoms with Crippen molar-refractivity contribution in [3.05, 3.63) is 16.0 Å². The van der Waals surface area contributed by atoms with Crippen LogP contribution >= 0.6 is 22.9 Å². The molecule has 1 rings (SSSR count). The smallest absolute Gasteiger partial charge is 0.252 e. The van der Waals surface area contributed by atoms with E-state index in [-0.39, 0.29) is 17.4 Å². The summed E-state index contributed by atoms with van der Waals surface area (Å²) in [5.74, 6) is 0. The fourth-order valence-corrected chi connectivity index (χ4v) is 4.82. The van der Waals surface area contributed by atoms with Crippen LogP contribution in [0.25, 0.3) is 0 Å². The van der Waals surface area contributed by atoms with Gasteiger partial charge in [0.05, 0.1) is 10.9 Å². The van der Waals surface area contributed by atoms with E-state index in [0.29, 0.717) is 10.9 Å². The van der Waals surface area contributed by atoms with Crippen LogP contribution in [-0.2, 0) is 10.0 Å². The summed E-state index contributed by atoms with van der Waals surface area (Å²) < 4.78 is 26.8. The predicted octanol–water partition coefficient (Wildman–Crippen LogP) is 2.49. The number of sulfonamides is 1. The molecular weight excluding hydrogens is 294 g/mol. The molecule has 0 aliphatic heterocycles. The first-order valence-corrected chi connectivity index (χ1v) is 8.43. The van der Waals surface area contributed by atoms with Crippen molar-refractivity contribution >= 4 is 33.0 Å². The van der Waals surface area contributed by atoms with Crippen LogP contribution in [0.5, 0.6) is 0 Å². The Morgan fingerprint density at radius 3 is 2.56 bits per heavy atom. The molecule has 0 atom stereocenters. The van der Waals surface area contributed by atoms with Crippen LogP contribution in [0.3, 0.4) is 0 Å². The van der Waals surface area contributed by atoms with E-state index in [0.717, 1.165) is 29.7 Å². The van der Waals surface area contributed by atoms with Gasteiger partial charge in [0.25, 0.3) is 10.0 Å². The molecule has 0 spiro atoms. The minimum absolute atomic E-state index is 0.122. The minimum atomic E-state index is -3.53. The number of aliphatic hydroxyl groups is 1.